The van der Waals surface area contributed by atoms with Gasteiger partial charge in [-0.1, -0.05) is 56.3 Å². The maximum atomic E-state index is 12.6. The van der Waals surface area contributed by atoms with Crippen LogP contribution in [0.5, 0.6) is 0 Å². The normalized spacial score (nSPS) is 30.8. The van der Waals surface area contributed by atoms with E-state index in [1.807, 2.05) is 30.3 Å². The number of hydrogen-bond acceptors (Lipinski definition) is 2. The molecule has 2 unspecified atom stereocenters. The summed E-state index contributed by atoms with van der Waals surface area (Å²) in [6.07, 6.45) is 2.86. The lowest BCUT2D eigenvalue weighted by Gasteiger charge is -2.43. The molecule has 0 heterocycles. The zero-order valence-electron chi connectivity index (χ0n) is 12.7. The highest BCUT2D eigenvalue weighted by Crippen LogP contribution is 2.61. The zero-order chi connectivity index (χ0) is 15.3. The molecule has 1 aromatic rings. The lowest BCUT2D eigenvalue weighted by atomic mass is 9.69. The number of fused-ring (bicyclic) bond motifs is 2. The van der Waals surface area contributed by atoms with Crippen LogP contribution in [-0.2, 0) is 15.8 Å². The predicted octanol–water partition coefficient (Wildman–Crippen LogP) is 3.24. The number of rotatable bonds is 4. The molecule has 114 valence electrons. The van der Waals surface area contributed by atoms with Gasteiger partial charge in [-0.3, -0.25) is 0 Å². The van der Waals surface area contributed by atoms with Crippen LogP contribution in [0.3, 0.4) is 0 Å². The van der Waals surface area contributed by atoms with Gasteiger partial charge in [0.2, 0.25) is 10.0 Å². The van der Waals surface area contributed by atoms with Crippen LogP contribution in [0.15, 0.2) is 42.5 Å². The third-order valence-corrected chi connectivity index (χ3v) is 6.97. The Morgan fingerprint density at radius 2 is 1.95 bits per heavy atom. The van der Waals surface area contributed by atoms with E-state index in [-0.39, 0.29) is 16.7 Å². The molecule has 0 spiro atoms. The van der Waals surface area contributed by atoms with Crippen molar-refractivity contribution < 1.29 is 8.42 Å². The minimum absolute atomic E-state index is 0.0445. The minimum Gasteiger partial charge on any atom is -0.212 e. The summed E-state index contributed by atoms with van der Waals surface area (Å²) in [7, 11) is -3.35. The molecule has 3 rings (SSSR count). The van der Waals surface area contributed by atoms with Crippen LogP contribution in [0, 0.1) is 11.3 Å². The highest BCUT2D eigenvalue weighted by atomic mass is 32.2. The van der Waals surface area contributed by atoms with Gasteiger partial charge in [0.1, 0.15) is 0 Å². The Balaban J connectivity index is 1.84. The Morgan fingerprint density at radius 1 is 1.29 bits per heavy atom. The minimum atomic E-state index is -3.35. The van der Waals surface area contributed by atoms with Crippen molar-refractivity contribution in [3.05, 3.63) is 48.0 Å². The largest absolute Gasteiger partial charge is 0.216 e. The molecule has 0 radical (unpaired) electrons. The van der Waals surface area contributed by atoms with Crippen molar-refractivity contribution in [3.63, 3.8) is 0 Å². The van der Waals surface area contributed by atoms with Crippen LogP contribution in [0.4, 0.5) is 0 Å². The summed E-state index contributed by atoms with van der Waals surface area (Å²) in [6.45, 7) is 8.46. The first-order valence-corrected chi connectivity index (χ1v) is 9.16. The van der Waals surface area contributed by atoms with Gasteiger partial charge in [-0.2, -0.15) is 0 Å². The molecular weight excluding hydrogens is 282 g/mol. The van der Waals surface area contributed by atoms with E-state index in [0.717, 1.165) is 24.8 Å². The Morgan fingerprint density at radius 3 is 2.52 bits per heavy atom. The summed E-state index contributed by atoms with van der Waals surface area (Å²) < 4.78 is 28.2. The molecule has 2 bridgehead atoms. The molecular formula is C17H23NO2S. The third-order valence-electron chi connectivity index (χ3n) is 5.56. The van der Waals surface area contributed by atoms with Crippen molar-refractivity contribution in [1.82, 2.24) is 4.72 Å². The lowest BCUT2D eigenvalue weighted by molar-refractivity contribution is 0.210. The van der Waals surface area contributed by atoms with Crippen molar-refractivity contribution in [1.29, 1.82) is 0 Å². The molecule has 2 aliphatic carbocycles. The standard InChI is InChI=1S/C17H23NO2S/c1-13-15-9-10-17(11-15,16(13,2)3)18-21(19,20)12-14-7-5-4-6-8-14/h4-8,15,18H,1,9-12H2,2-3H3. The molecule has 0 aliphatic heterocycles. The van der Waals surface area contributed by atoms with Gasteiger partial charge in [0.05, 0.1) is 5.75 Å². The Hall–Kier alpha value is -1.13. The highest BCUT2D eigenvalue weighted by molar-refractivity contribution is 7.88. The first-order chi connectivity index (χ1) is 9.76. The van der Waals surface area contributed by atoms with E-state index in [2.05, 4.69) is 25.1 Å². The molecule has 4 heteroatoms. The van der Waals surface area contributed by atoms with Gasteiger partial charge in [-0.05, 0) is 30.7 Å². The van der Waals surface area contributed by atoms with E-state index in [9.17, 15) is 8.42 Å². The first kappa shape index (κ1) is 14.8. The van der Waals surface area contributed by atoms with Gasteiger partial charge in [-0.15, -0.1) is 0 Å². The number of sulfonamides is 1. The Kier molecular flexibility index (Phi) is 3.30. The topological polar surface area (TPSA) is 46.2 Å². The molecule has 0 saturated heterocycles. The molecule has 2 fully saturated rings. The van der Waals surface area contributed by atoms with E-state index in [4.69, 9.17) is 0 Å². The molecule has 2 atom stereocenters. The van der Waals surface area contributed by atoms with Crippen LogP contribution in [0.1, 0.15) is 38.7 Å². The van der Waals surface area contributed by atoms with Crippen molar-refractivity contribution in [2.75, 3.05) is 0 Å². The van der Waals surface area contributed by atoms with E-state index >= 15 is 0 Å². The average Bonchev–Trinajstić information content (AvgIpc) is 2.88. The quantitative estimate of drug-likeness (QED) is 0.868. The third kappa shape index (κ3) is 2.34. The van der Waals surface area contributed by atoms with E-state index in [0.29, 0.717) is 5.92 Å². The second kappa shape index (κ2) is 4.68. The van der Waals surface area contributed by atoms with Gasteiger partial charge in [0.25, 0.3) is 0 Å². The van der Waals surface area contributed by atoms with Crippen molar-refractivity contribution >= 4 is 10.0 Å². The maximum Gasteiger partial charge on any atom is 0.216 e. The van der Waals surface area contributed by atoms with Crippen molar-refractivity contribution in [3.8, 4) is 0 Å². The van der Waals surface area contributed by atoms with Crippen LogP contribution < -0.4 is 4.72 Å². The second-order valence-corrected chi connectivity index (χ2v) is 8.74. The van der Waals surface area contributed by atoms with Gasteiger partial charge >= 0.3 is 0 Å². The Bertz CT molecular complexity index is 663. The zero-order valence-corrected chi connectivity index (χ0v) is 13.5. The van der Waals surface area contributed by atoms with Crippen molar-refractivity contribution in [2.45, 2.75) is 44.4 Å². The molecule has 21 heavy (non-hydrogen) atoms. The molecule has 1 N–H and O–H groups in total. The van der Waals surface area contributed by atoms with Crippen LogP contribution in [-0.4, -0.2) is 14.0 Å². The van der Waals surface area contributed by atoms with Crippen LogP contribution in [0.2, 0.25) is 0 Å². The fraction of sp³-hybridized carbons (Fsp3) is 0.529. The molecule has 0 amide bonds. The van der Waals surface area contributed by atoms with Gasteiger partial charge in [0, 0.05) is 11.0 Å². The van der Waals surface area contributed by atoms with E-state index in [1.165, 1.54) is 5.57 Å². The summed E-state index contributed by atoms with van der Waals surface area (Å²) in [5, 5.41) is 0. The van der Waals surface area contributed by atoms with Crippen LogP contribution in [0.25, 0.3) is 0 Å². The Labute approximate surface area is 127 Å². The summed E-state index contributed by atoms with van der Waals surface area (Å²) >= 11 is 0. The average molecular weight is 305 g/mol. The fourth-order valence-electron chi connectivity index (χ4n) is 4.08. The maximum absolute atomic E-state index is 12.6. The number of nitrogens with one attached hydrogen (secondary N) is 1. The summed E-state index contributed by atoms with van der Waals surface area (Å²) in [5.74, 6) is 0.516. The van der Waals surface area contributed by atoms with E-state index < -0.39 is 10.0 Å². The highest BCUT2D eigenvalue weighted by Gasteiger charge is 2.60. The fourth-order valence-corrected chi connectivity index (χ4v) is 5.82. The summed E-state index contributed by atoms with van der Waals surface area (Å²) in [5.41, 5.74) is 1.52. The van der Waals surface area contributed by atoms with Crippen LogP contribution >= 0.6 is 0 Å². The number of benzene rings is 1. The molecule has 3 nitrogen and oxygen atoms in total. The van der Waals surface area contributed by atoms with Gasteiger partial charge in [-0.25, -0.2) is 13.1 Å². The predicted molar refractivity (Wildman–Crippen MR) is 85.2 cm³/mol. The first-order valence-electron chi connectivity index (χ1n) is 7.51. The van der Waals surface area contributed by atoms with Gasteiger partial charge < -0.3 is 0 Å². The molecule has 1 aromatic carbocycles. The monoisotopic (exact) mass is 305 g/mol. The second-order valence-electron chi connectivity index (χ2n) is 7.02. The summed E-state index contributed by atoms with van der Waals surface area (Å²) in [6, 6.07) is 9.35. The number of hydrogen-bond donors (Lipinski definition) is 1. The smallest absolute Gasteiger partial charge is 0.212 e. The molecule has 2 aliphatic rings. The van der Waals surface area contributed by atoms with E-state index in [1.54, 1.807) is 0 Å². The lowest BCUT2D eigenvalue weighted by Crippen LogP contribution is -2.55. The summed E-state index contributed by atoms with van der Waals surface area (Å²) in [4.78, 5) is 0. The van der Waals surface area contributed by atoms with Crippen molar-refractivity contribution in [2.24, 2.45) is 11.3 Å². The SMILES string of the molecule is C=C1C2CCC(NS(=O)(=O)Cc3ccccc3)(C2)C1(C)C. The van der Waals surface area contributed by atoms with Gasteiger partial charge in [0.15, 0.2) is 0 Å². The molecule has 2 saturated carbocycles. The molecule has 0 aromatic heterocycles.